The van der Waals surface area contributed by atoms with Gasteiger partial charge in [0, 0.05) is 12.2 Å². The van der Waals surface area contributed by atoms with Gasteiger partial charge in [-0.25, -0.2) is 4.90 Å². The fraction of sp³-hybridized carbons (Fsp3) is 0.241. The predicted molar refractivity (Wildman–Crippen MR) is 135 cm³/mol. The van der Waals surface area contributed by atoms with Crippen LogP contribution in [-0.2, 0) is 16.0 Å². The van der Waals surface area contributed by atoms with Crippen LogP contribution in [0.25, 0.3) is 5.57 Å². The maximum atomic E-state index is 13.9. The van der Waals surface area contributed by atoms with Gasteiger partial charge in [-0.1, -0.05) is 49.4 Å². The predicted octanol–water partition coefficient (Wildman–Crippen LogP) is 5.44. The van der Waals surface area contributed by atoms with Crippen molar-refractivity contribution in [2.75, 3.05) is 23.0 Å². The molecule has 5 nitrogen and oxygen atoms in total. The minimum absolute atomic E-state index is 0.281. The third-order valence-corrected chi connectivity index (χ3v) is 6.65. The van der Waals surface area contributed by atoms with Crippen LogP contribution in [0.3, 0.4) is 0 Å². The molecule has 5 heteroatoms. The summed E-state index contributed by atoms with van der Waals surface area (Å²) in [7, 11) is 0. The van der Waals surface area contributed by atoms with Crippen LogP contribution in [-0.4, -0.2) is 25.0 Å². The molecule has 2 heterocycles. The van der Waals surface area contributed by atoms with Gasteiger partial charge in [-0.2, -0.15) is 0 Å². The number of carbonyl (C=O) groups is 2. The lowest BCUT2D eigenvalue weighted by atomic mass is 10.0. The van der Waals surface area contributed by atoms with Gasteiger partial charge in [0.25, 0.3) is 11.8 Å². The van der Waals surface area contributed by atoms with Gasteiger partial charge in [-0.3, -0.25) is 9.59 Å². The van der Waals surface area contributed by atoms with E-state index < -0.39 is 0 Å². The largest absolute Gasteiger partial charge is 0.494 e. The Labute approximate surface area is 200 Å². The van der Waals surface area contributed by atoms with E-state index in [1.165, 1.54) is 10.5 Å². The minimum atomic E-state index is -0.291. The quantitative estimate of drug-likeness (QED) is 0.468. The van der Waals surface area contributed by atoms with Crippen molar-refractivity contribution in [3.8, 4) is 5.75 Å². The Bertz CT molecular complexity index is 1310. The summed E-state index contributed by atoms with van der Waals surface area (Å²) in [5.41, 5.74) is 6.37. The number of anilines is 2. The SMILES string of the molecule is CCCOc1ccc(C2=C(N3CCc4ccccc43)C(=O)N(c3cccc(C)c3C)C2=O)cc1. The first-order valence-electron chi connectivity index (χ1n) is 11.8. The normalized spacial score (nSPS) is 15.4. The number of para-hydroxylation sites is 1. The highest BCUT2D eigenvalue weighted by molar-refractivity contribution is 6.46. The summed E-state index contributed by atoms with van der Waals surface area (Å²) in [5, 5.41) is 0. The van der Waals surface area contributed by atoms with Crippen molar-refractivity contribution < 1.29 is 14.3 Å². The fourth-order valence-corrected chi connectivity index (χ4v) is 4.73. The molecule has 2 aliphatic heterocycles. The van der Waals surface area contributed by atoms with Crippen molar-refractivity contribution in [1.29, 1.82) is 0 Å². The Hall–Kier alpha value is -3.86. The van der Waals surface area contributed by atoms with Crippen LogP contribution in [0.15, 0.2) is 72.4 Å². The molecule has 0 saturated heterocycles. The molecule has 0 fully saturated rings. The summed E-state index contributed by atoms with van der Waals surface area (Å²) in [6.45, 7) is 7.30. The van der Waals surface area contributed by atoms with Crippen molar-refractivity contribution >= 4 is 28.8 Å². The first kappa shape index (κ1) is 22.0. The third-order valence-electron chi connectivity index (χ3n) is 6.65. The van der Waals surface area contributed by atoms with Crippen LogP contribution in [0.2, 0.25) is 0 Å². The number of hydrogen-bond acceptors (Lipinski definition) is 4. The molecule has 2 aliphatic rings. The first-order valence-corrected chi connectivity index (χ1v) is 11.8. The van der Waals surface area contributed by atoms with Crippen molar-refractivity contribution in [1.82, 2.24) is 0 Å². The number of aryl methyl sites for hydroxylation is 1. The number of imide groups is 1. The molecule has 0 unspecified atom stereocenters. The smallest absolute Gasteiger partial charge is 0.282 e. The van der Waals surface area contributed by atoms with E-state index in [0.717, 1.165) is 41.0 Å². The molecule has 34 heavy (non-hydrogen) atoms. The molecule has 172 valence electrons. The summed E-state index contributed by atoms with van der Waals surface area (Å²) < 4.78 is 5.72. The maximum Gasteiger partial charge on any atom is 0.282 e. The Balaban J connectivity index is 1.64. The van der Waals surface area contributed by atoms with Crippen LogP contribution in [0, 0.1) is 13.8 Å². The molecule has 3 aromatic rings. The molecule has 0 atom stereocenters. The second-order valence-electron chi connectivity index (χ2n) is 8.79. The van der Waals surface area contributed by atoms with Crippen molar-refractivity contribution in [2.24, 2.45) is 0 Å². The molecule has 0 aromatic heterocycles. The number of benzene rings is 3. The van der Waals surface area contributed by atoms with Crippen LogP contribution < -0.4 is 14.5 Å². The van der Waals surface area contributed by atoms with Crippen LogP contribution >= 0.6 is 0 Å². The molecular formula is C29H28N2O3. The standard InChI is InChI=1S/C29H28N2O3/c1-4-18-34-23-14-12-22(13-15-23)26-27(30-17-16-21-9-5-6-10-25(21)30)29(33)31(28(26)32)24-11-7-8-19(2)20(24)3/h5-15H,4,16-18H2,1-3H3. The molecule has 0 radical (unpaired) electrons. The lowest BCUT2D eigenvalue weighted by Gasteiger charge is -2.22. The molecule has 0 bridgehead atoms. The number of nitrogens with zero attached hydrogens (tertiary/aromatic N) is 2. The van der Waals surface area contributed by atoms with Gasteiger partial charge in [0.1, 0.15) is 11.4 Å². The molecule has 0 spiro atoms. The van der Waals surface area contributed by atoms with Gasteiger partial charge in [-0.15, -0.1) is 0 Å². The molecule has 0 N–H and O–H groups in total. The Kier molecular flexibility index (Phi) is 5.70. The lowest BCUT2D eigenvalue weighted by molar-refractivity contribution is -0.120. The van der Waals surface area contributed by atoms with E-state index in [-0.39, 0.29) is 11.8 Å². The number of hydrogen-bond donors (Lipinski definition) is 0. The first-order chi connectivity index (χ1) is 16.5. The Morgan fingerprint density at radius 3 is 2.35 bits per heavy atom. The van der Waals surface area contributed by atoms with Crippen LogP contribution in [0.5, 0.6) is 5.75 Å². The van der Waals surface area contributed by atoms with Gasteiger partial charge in [-0.05, 0) is 73.2 Å². The maximum absolute atomic E-state index is 13.9. The van der Waals surface area contributed by atoms with E-state index in [1.807, 2.05) is 79.4 Å². The van der Waals surface area contributed by atoms with E-state index in [0.29, 0.717) is 30.1 Å². The topological polar surface area (TPSA) is 49.9 Å². The zero-order chi connectivity index (χ0) is 23.8. The van der Waals surface area contributed by atoms with Crippen molar-refractivity contribution in [2.45, 2.75) is 33.6 Å². The molecular weight excluding hydrogens is 424 g/mol. The van der Waals surface area contributed by atoms with E-state index >= 15 is 0 Å². The van der Waals surface area contributed by atoms with E-state index in [4.69, 9.17) is 4.74 Å². The van der Waals surface area contributed by atoms with Gasteiger partial charge in [0.15, 0.2) is 0 Å². The highest BCUT2D eigenvalue weighted by atomic mass is 16.5. The molecule has 0 saturated carbocycles. The van der Waals surface area contributed by atoms with Crippen molar-refractivity contribution in [3.05, 3.63) is 94.7 Å². The van der Waals surface area contributed by atoms with Gasteiger partial charge in [0.05, 0.1) is 17.9 Å². The number of ether oxygens (including phenoxy) is 1. The van der Waals surface area contributed by atoms with E-state index in [1.54, 1.807) is 0 Å². The average Bonchev–Trinajstić information content (AvgIpc) is 3.38. The summed E-state index contributed by atoms with van der Waals surface area (Å²) >= 11 is 0. The second kappa shape index (κ2) is 8.82. The number of carbonyl (C=O) groups excluding carboxylic acids is 2. The highest BCUT2D eigenvalue weighted by Gasteiger charge is 2.44. The van der Waals surface area contributed by atoms with E-state index in [9.17, 15) is 9.59 Å². The lowest BCUT2D eigenvalue weighted by Crippen LogP contribution is -2.35. The summed E-state index contributed by atoms with van der Waals surface area (Å²) in [5.74, 6) is 0.180. The summed E-state index contributed by atoms with van der Waals surface area (Å²) in [6, 6.07) is 21.3. The fourth-order valence-electron chi connectivity index (χ4n) is 4.73. The van der Waals surface area contributed by atoms with Gasteiger partial charge in [0.2, 0.25) is 0 Å². The average molecular weight is 453 g/mol. The Morgan fingerprint density at radius 2 is 1.59 bits per heavy atom. The van der Waals surface area contributed by atoms with Gasteiger partial charge < -0.3 is 9.64 Å². The minimum Gasteiger partial charge on any atom is -0.494 e. The summed E-state index contributed by atoms with van der Waals surface area (Å²) in [4.78, 5) is 31.2. The zero-order valence-corrected chi connectivity index (χ0v) is 19.8. The van der Waals surface area contributed by atoms with Crippen molar-refractivity contribution in [3.63, 3.8) is 0 Å². The molecule has 3 aromatic carbocycles. The van der Waals surface area contributed by atoms with Gasteiger partial charge >= 0.3 is 0 Å². The Morgan fingerprint density at radius 1 is 0.853 bits per heavy atom. The monoisotopic (exact) mass is 452 g/mol. The zero-order valence-electron chi connectivity index (χ0n) is 19.8. The second-order valence-corrected chi connectivity index (χ2v) is 8.79. The molecule has 5 rings (SSSR count). The van der Waals surface area contributed by atoms with Crippen LogP contribution in [0.4, 0.5) is 11.4 Å². The van der Waals surface area contributed by atoms with Crippen LogP contribution in [0.1, 0.15) is 35.6 Å². The number of rotatable bonds is 6. The van der Waals surface area contributed by atoms with E-state index in [2.05, 4.69) is 13.0 Å². The molecule has 2 amide bonds. The molecule has 0 aliphatic carbocycles. The number of amides is 2. The summed E-state index contributed by atoms with van der Waals surface area (Å²) in [6.07, 6.45) is 1.75. The number of fused-ring (bicyclic) bond motifs is 1. The third kappa shape index (κ3) is 3.58. The highest BCUT2D eigenvalue weighted by Crippen LogP contribution is 2.41.